The number of carbonyl (C=O) groups is 1. The average Bonchev–Trinajstić information content (AvgIpc) is 3.12. The summed E-state index contributed by atoms with van der Waals surface area (Å²) in [5, 5.41) is 2.90. The van der Waals surface area contributed by atoms with Crippen molar-refractivity contribution in [1.29, 1.82) is 0 Å². The lowest BCUT2D eigenvalue weighted by molar-refractivity contribution is 0.207. The van der Waals surface area contributed by atoms with Crippen molar-refractivity contribution in [1.82, 2.24) is 4.90 Å². The molecule has 1 unspecified atom stereocenters. The first-order valence-corrected chi connectivity index (χ1v) is 8.17. The van der Waals surface area contributed by atoms with E-state index < -0.39 is 0 Å². The average molecular weight is 344 g/mol. The summed E-state index contributed by atoms with van der Waals surface area (Å²) < 4.78 is 23.6. The third-order valence-electron chi connectivity index (χ3n) is 4.42. The molecule has 1 saturated heterocycles. The van der Waals surface area contributed by atoms with Crippen LogP contribution in [0.4, 0.5) is 14.9 Å². The number of methoxy groups -OCH3 is 2. The second-order valence-electron chi connectivity index (χ2n) is 5.90. The standard InChI is InChI=1S/C19H21FN2O3/c1-24-15-9-10-16(18(12-15)25-2)21-19(23)22-11-3-4-17(22)13-5-7-14(20)8-6-13/h5-10,12,17H,3-4,11H2,1-2H3,(H,21,23). The van der Waals surface area contributed by atoms with Gasteiger partial charge in [-0.2, -0.15) is 0 Å². The zero-order valence-electron chi connectivity index (χ0n) is 14.3. The number of benzene rings is 2. The molecule has 1 heterocycles. The molecule has 0 saturated carbocycles. The summed E-state index contributed by atoms with van der Waals surface area (Å²) in [6.45, 7) is 0.659. The first kappa shape index (κ1) is 17.1. The predicted molar refractivity (Wildman–Crippen MR) is 93.6 cm³/mol. The van der Waals surface area contributed by atoms with Crippen LogP contribution in [0.5, 0.6) is 11.5 Å². The van der Waals surface area contributed by atoms with Gasteiger partial charge in [-0.1, -0.05) is 12.1 Å². The van der Waals surface area contributed by atoms with Gasteiger partial charge in [0.1, 0.15) is 17.3 Å². The Kier molecular flexibility index (Phi) is 5.07. The van der Waals surface area contributed by atoms with E-state index in [-0.39, 0.29) is 17.9 Å². The summed E-state index contributed by atoms with van der Waals surface area (Å²) in [6.07, 6.45) is 1.77. The van der Waals surface area contributed by atoms with E-state index in [1.54, 1.807) is 49.5 Å². The topological polar surface area (TPSA) is 50.8 Å². The number of urea groups is 1. The van der Waals surface area contributed by atoms with E-state index >= 15 is 0 Å². The molecule has 1 fully saturated rings. The van der Waals surface area contributed by atoms with Crippen molar-refractivity contribution in [3.63, 3.8) is 0 Å². The number of amides is 2. The Labute approximate surface area is 146 Å². The number of likely N-dealkylation sites (tertiary alicyclic amines) is 1. The Morgan fingerprint density at radius 2 is 1.92 bits per heavy atom. The highest BCUT2D eigenvalue weighted by molar-refractivity contribution is 5.91. The molecule has 6 heteroatoms. The van der Waals surface area contributed by atoms with Gasteiger partial charge in [0.05, 0.1) is 25.9 Å². The van der Waals surface area contributed by atoms with Crippen LogP contribution in [0.25, 0.3) is 0 Å². The highest BCUT2D eigenvalue weighted by Gasteiger charge is 2.30. The lowest BCUT2D eigenvalue weighted by Crippen LogP contribution is -2.34. The van der Waals surface area contributed by atoms with Gasteiger partial charge in [0, 0.05) is 12.6 Å². The van der Waals surface area contributed by atoms with E-state index in [0.29, 0.717) is 23.7 Å². The van der Waals surface area contributed by atoms with Crippen molar-refractivity contribution >= 4 is 11.7 Å². The first-order chi connectivity index (χ1) is 12.1. The molecule has 2 aromatic rings. The van der Waals surface area contributed by atoms with Crippen LogP contribution >= 0.6 is 0 Å². The number of ether oxygens (including phenoxy) is 2. The first-order valence-electron chi connectivity index (χ1n) is 8.17. The van der Waals surface area contributed by atoms with Crippen molar-refractivity contribution in [3.8, 4) is 11.5 Å². The van der Waals surface area contributed by atoms with Crippen LogP contribution in [-0.4, -0.2) is 31.7 Å². The molecule has 0 bridgehead atoms. The molecule has 2 amide bonds. The molecule has 25 heavy (non-hydrogen) atoms. The maximum absolute atomic E-state index is 13.1. The summed E-state index contributed by atoms with van der Waals surface area (Å²) in [5.74, 6) is 0.908. The van der Waals surface area contributed by atoms with E-state index in [0.717, 1.165) is 18.4 Å². The lowest BCUT2D eigenvalue weighted by atomic mass is 10.0. The molecule has 0 aliphatic carbocycles. The van der Waals surface area contributed by atoms with E-state index in [1.165, 1.54) is 12.1 Å². The molecule has 2 aromatic carbocycles. The van der Waals surface area contributed by atoms with Gasteiger partial charge in [0.25, 0.3) is 0 Å². The van der Waals surface area contributed by atoms with Crippen LogP contribution in [0.2, 0.25) is 0 Å². The fourth-order valence-electron chi connectivity index (χ4n) is 3.13. The largest absolute Gasteiger partial charge is 0.497 e. The summed E-state index contributed by atoms with van der Waals surface area (Å²) in [5.41, 5.74) is 1.52. The number of nitrogens with zero attached hydrogens (tertiary/aromatic N) is 1. The van der Waals surface area contributed by atoms with Gasteiger partial charge in [0.15, 0.2) is 0 Å². The molecule has 5 nitrogen and oxygen atoms in total. The molecule has 1 aliphatic heterocycles. The number of hydrogen-bond acceptors (Lipinski definition) is 3. The SMILES string of the molecule is COc1ccc(NC(=O)N2CCCC2c2ccc(F)cc2)c(OC)c1. The maximum atomic E-state index is 13.1. The zero-order valence-corrected chi connectivity index (χ0v) is 14.3. The van der Waals surface area contributed by atoms with Crippen molar-refractivity contribution in [2.45, 2.75) is 18.9 Å². The molecule has 0 aromatic heterocycles. The minimum atomic E-state index is -0.277. The summed E-state index contributed by atoms with van der Waals surface area (Å²) in [7, 11) is 3.12. The fraction of sp³-hybridized carbons (Fsp3) is 0.316. The molecule has 1 aliphatic rings. The second-order valence-corrected chi connectivity index (χ2v) is 5.90. The molecule has 3 rings (SSSR count). The van der Waals surface area contributed by atoms with Crippen LogP contribution in [0.3, 0.4) is 0 Å². The number of rotatable bonds is 4. The summed E-state index contributed by atoms with van der Waals surface area (Å²) in [4.78, 5) is 14.5. The van der Waals surface area contributed by atoms with E-state index in [1.807, 2.05) is 0 Å². The van der Waals surface area contributed by atoms with Crippen molar-refractivity contribution in [2.75, 3.05) is 26.1 Å². The third kappa shape index (κ3) is 3.68. The monoisotopic (exact) mass is 344 g/mol. The van der Waals surface area contributed by atoms with E-state index in [4.69, 9.17) is 9.47 Å². The van der Waals surface area contributed by atoms with Crippen LogP contribution in [0.15, 0.2) is 42.5 Å². The van der Waals surface area contributed by atoms with Crippen LogP contribution < -0.4 is 14.8 Å². The van der Waals surface area contributed by atoms with Gasteiger partial charge in [-0.25, -0.2) is 9.18 Å². The van der Waals surface area contributed by atoms with Crippen molar-refractivity contribution < 1.29 is 18.7 Å². The maximum Gasteiger partial charge on any atom is 0.322 e. The molecular weight excluding hydrogens is 323 g/mol. The number of hydrogen-bond donors (Lipinski definition) is 1. The Bertz CT molecular complexity index is 749. The smallest absolute Gasteiger partial charge is 0.322 e. The zero-order chi connectivity index (χ0) is 17.8. The number of halogens is 1. The van der Waals surface area contributed by atoms with Crippen molar-refractivity contribution in [2.24, 2.45) is 0 Å². The normalized spacial score (nSPS) is 16.6. The molecule has 1 atom stereocenters. The molecular formula is C19H21FN2O3. The van der Waals surface area contributed by atoms with Crippen LogP contribution in [-0.2, 0) is 0 Å². The molecule has 132 valence electrons. The van der Waals surface area contributed by atoms with E-state index in [2.05, 4.69) is 5.32 Å². The van der Waals surface area contributed by atoms with Crippen LogP contribution in [0, 0.1) is 5.82 Å². The van der Waals surface area contributed by atoms with Gasteiger partial charge in [0.2, 0.25) is 0 Å². The van der Waals surface area contributed by atoms with Crippen molar-refractivity contribution in [3.05, 3.63) is 53.8 Å². The number of nitrogens with one attached hydrogen (secondary N) is 1. The lowest BCUT2D eigenvalue weighted by Gasteiger charge is -2.26. The third-order valence-corrected chi connectivity index (χ3v) is 4.42. The Hall–Kier alpha value is -2.76. The van der Waals surface area contributed by atoms with Crippen LogP contribution in [0.1, 0.15) is 24.4 Å². The highest BCUT2D eigenvalue weighted by Crippen LogP contribution is 2.34. The van der Waals surface area contributed by atoms with E-state index in [9.17, 15) is 9.18 Å². The predicted octanol–water partition coefficient (Wildman–Crippen LogP) is 4.21. The summed E-state index contributed by atoms with van der Waals surface area (Å²) >= 11 is 0. The minimum absolute atomic E-state index is 0.0511. The Balaban J connectivity index is 1.77. The molecule has 0 radical (unpaired) electrons. The molecule has 0 spiro atoms. The fourth-order valence-corrected chi connectivity index (χ4v) is 3.13. The summed E-state index contributed by atoms with van der Waals surface area (Å²) in [6, 6.07) is 11.3. The quantitative estimate of drug-likeness (QED) is 0.904. The molecule has 1 N–H and O–H groups in total. The number of carbonyl (C=O) groups excluding carboxylic acids is 1. The Morgan fingerprint density at radius 1 is 1.16 bits per heavy atom. The highest BCUT2D eigenvalue weighted by atomic mass is 19.1. The number of anilines is 1. The minimum Gasteiger partial charge on any atom is -0.497 e. The second kappa shape index (κ2) is 7.42. The van der Waals surface area contributed by atoms with Gasteiger partial charge in [-0.3, -0.25) is 0 Å². The Morgan fingerprint density at radius 3 is 2.60 bits per heavy atom. The van der Waals surface area contributed by atoms with Gasteiger partial charge < -0.3 is 19.7 Å². The van der Waals surface area contributed by atoms with Gasteiger partial charge >= 0.3 is 6.03 Å². The van der Waals surface area contributed by atoms with Gasteiger partial charge in [-0.05, 0) is 42.7 Å². The van der Waals surface area contributed by atoms with Gasteiger partial charge in [-0.15, -0.1) is 0 Å².